The molecule has 1 aromatic heterocycles. The van der Waals surface area contributed by atoms with Crippen LogP contribution in [0, 0.1) is 12.7 Å². The highest BCUT2D eigenvalue weighted by molar-refractivity contribution is 9.10. The van der Waals surface area contributed by atoms with Gasteiger partial charge in [0.2, 0.25) is 0 Å². The molecule has 88 valence electrons. The lowest BCUT2D eigenvalue weighted by atomic mass is 10.2. The van der Waals surface area contributed by atoms with Crippen LogP contribution in [0.4, 0.5) is 10.1 Å². The van der Waals surface area contributed by atoms with Gasteiger partial charge in [-0.15, -0.1) is 0 Å². The number of aromatic nitrogens is 2. The number of hydrogen-bond donors (Lipinski definition) is 2. The molecule has 6 heteroatoms. The zero-order valence-corrected chi connectivity index (χ0v) is 10.5. The van der Waals surface area contributed by atoms with E-state index in [1.807, 2.05) is 0 Å². The van der Waals surface area contributed by atoms with Gasteiger partial charge in [0.05, 0.1) is 18.2 Å². The lowest BCUT2D eigenvalue weighted by molar-refractivity contribution is 0.102. The van der Waals surface area contributed by atoms with E-state index < -0.39 is 11.7 Å². The van der Waals surface area contributed by atoms with Crippen molar-refractivity contribution in [1.29, 1.82) is 0 Å². The number of nitrogens with zero attached hydrogens (tertiary/aromatic N) is 1. The van der Waals surface area contributed by atoms with Gasteiger partial charge in [-0.2, -0.15) is 0 Å². The third kappa shape index (κ3) is 2.52. The third-order valence-electron chi connectivity index (χ3n) is 2.23. The zero-order valence-electron chi connectivity index (χ0n) is 8.92. The molecule has 0 radical (unpaired) electrons. The van der Waals surface area contributed by atoms with Gasteiger partial charge in [-0.1, -0.05) is 15.9 Å². The van der Waals surface area contributed by atoms with E-state index in [4.69, 9.17) is 0 Å². The third-order valence-corrected chi connectivity index (χ3v) is 2.69. The molecule has 0 aliphatic heterocycles. The molecule has 0 aliphatic rings. The standard InChI is InChI=1S/C11H9BrFN3O/c1-6-2-7(12)3-8(13)10(6)16-11(17)9-4-14-5-15-9/h2-5H,1H3,(H,14,15)(H,16,17). The molecule has 2 aromatic rings. The number of aryl methyl sites for hydroxylation is 1. The molecule has 2 N–H and O–H groups in total. The second-order valence-electron chi connectivity index (χ2n) is 3.50. The van der Waals surface area contributed by atoms with Crippen molar-refractivity contribution < 1.29 is 9.18 Å². The van der Waals surface area contributed by atoms with E-state index in [9.17, 15) is 9.18 Å². The van der Waals surface area contributed by atoms with Crippen LogP contribution in [0.25, 0.3) is 0 Å². The minimum Gasteiger partial charge on any atom is -0.341 e. The van der Waals surface area contributed by atoms with E-state index in [0.717, 1.165) is 0 Å². The number of carbonyl (C=O) groups is 1. The number of carbonyl (C=O) groups excluding carboxylic acids is 1. The van der Waals surface area contributed by atoms with Gasteiger partial charge in [0.25, 0.3) is 5.91 Å². The van der Waals surface area contributed by atoms with Crippen LogP contribution < -0.4 is 5.32 Å². The Morgan fingerprint density at radius 1 is 1.53 bits per heavy atom. The maximum atomic E-state index is 13.6. The van der Waals surface area contributed by atoms with E-state index in [0.29, 0.717) is 10.0 Å². The number of imidazole rings is 1. The molecule has 1 amide bonds. The summed E-state index contributed by atoms with van der Waals surface area (Å²) >= 11 is 3.18. The fourth-order valence-corrected chi connectivity index (χ4v) is 1.97. The molecule has 1 aromatic carbocycles. The molecule has 0 spiro atoms. The lowest BCUT2D eigenvalue weighted by Crippen LogP contribution is -2.14. The Labute approximate surface area is 105 Å². The van der Waals surface area contributed by atoms with Crippen molar-refractivity contribution in [1.82, 2.24) is 9.97 Å². The first-order valence-electron chi connectivity index (χ1n) is 4.83. The van der Waals surface area contributed by atoms with Crippen LogP contribution in [-0.2, 0) is 0 Å². The van der Waals surface area contributed by atoms with Crippen LogP contribution in [0.2, 0.25) is 0 Å². The summed E-state index contributed by atoms with van der Waals surface area (Å²) in [4.78, 5) is 18.1. The Balaban J connectivity index is 2.28. The molecule has 0 bridgehead atoms. The van der Waals surface area contributed by atoms with Crippen molar-refractivity contribution in [3.05, 3.63) is 46.2 Å². The van der Waals surface area contributed by atoms with E-state index >= 15 is 0 Å². The first-order chi connectivity index (χ1) is 8.08. The number of hydrogen-bond acceptors (Lipinski definition) is 2. The normalized spacial score (nSPS) is 10.3. The Bertz CT molecular complexity index is 531. The maximum Gasteiger partial charge on any atom is 0.273 e. The molecule has 0 fully saturated rings. The Kier molecular flexibility index (Phi) is 3.23. The quantitative estimate of drug-likeness (QED) is 0.895. The lowest BCUT2D eigenvalue weighted by Gasteiger charge is -2.09. The minimum absolute atomic E-state index is 0.174. The maximum absolute atomic E-state index is 13.6. The molecule has 1 heterocycles. The molecule has 0 unspecified atom stereocenters. The molecule has 17 heavy (non-hydrogen) atoms. The largest absolute Gasteiger partial charge is 0.341 e. The zero-order chi connectivity index (χ0) is 12.4. The first kappa shape index (κ1) is 11.8. The van der Waals surface area contributed by atoms with Crippen LogP contribution in [-0.4, -0.2) is 15.9 Å². The van der Waals surface area contributed by atoms with Crippen LogP contribution >= 0.6 is 15.9 Å². The highest BCUT2D eigenvalue weighted by atomic mass is 79.9. The van der Waals surface area contributed by atoms with Gasteiger partial charge < -0.3 is 10.3 Å². The number of nitrogens with one attached hydrogen (secondary N) is 2. The molecule has 0 saturated heterocycles. The number of benzene rings is 1. The summed E-state index contributed by atoms with van der Waals surface area (Å²) in [5, 5.41) is 2.50. The van der Waals surface area contributed by atoms with Crippen LogP contribution in [0.5, 0.6) is 0 Å². The van der Waals surface area contributed by atoms with E-state index in [-0.39, 0.29) is 11.4 Å². The van der Waals surface area contributed by atoms with E-state index in [1.165, 1.54) is 18.6 Å². The summed E-state index contributed by atoms with van der Waals surface area (Å²) in [6.45, 7) is 1.72. The Morgan fingerprint density at radius 2 is 2.29 bits per heavy atom. The smallest absolute Gasteiger partial charge is 0.273 e. The molecule has 0 saturated carbocycles. The van der Waals surface area contributed by atoms with Crippen molar-refractivity contribution >= 4 is 27.5 Å². The molecule has 0 aliphatic carbocycles. The molecule has 4 nitrogen and oxygen atoms in total. The van der Waals surface area contributed by atoms with Crippen LogP contribution in [0.3, 0.4) is 0 Å². The summed E-state index contributed by atoms with van der Waals surface area (Å²) in [6, 6.07) is 3.03. The van der Waals surface area contributed by atoms with Crippen molar-refractivity contribution in [2.45, 2.75) is 6.92 Å². The van der Waals surface area contributed by atoms with Crippen molar-refractivity contribution in [3.63, 3.8) is 0 Å². The van der Waals surface area contributed by atoms with Gasteiger partial charge in [0.1, 0.15) is 11.5 Å². The number of H-pyrrole nitrogens is 1. The first-order valence-corrected chi connectivity index (χ1v) is 5.62. The van der Waals surface area contributed by atoms with Crippen LogP contribution in [0.1, 0.15) is 16.1 Å². The second-order valence-corrected chi connectivity index (χ2v) is 4.41. The number of aromatic amines is 1. The number of rotatable bonds is 2. The number of anilines is 1. The van der Waals surface area contributed by atoms with Gasteiger partial charge in [-0.3, -0.25) is 4.79 Å². The van der Waals surface area contributed by atoms with Crippen LogP contribution in [0.15, 0.2) is 29.1 Å². The average molecular weight is 298 g/mol. The summed E-state index contributed by atoms with van der Waals surface area (Å²) < 4.78 is 14.3. The summed E-state index contributed by atoms with van der Waals surface area (Å²) in [6.07, 6.45) is 2.77. The SMILES string of the molecule is Cc1cc(Br)cc(F)c1NC(=O)c1cnc[nH]1. The second kappa shape index (κ2) is 4.67. The van der Waals surface area contributed by atoms with Crippen molar-refractivity contribution in [2.24, 2.45) is 0 Å². The van der Waals surface area contributed by atoms with Gasteiger partial charge in [0.15, 0.2) is 0 Å². The Hall–Kier alpha value is -1.69. The Morgan fingerprint density at radius 3 is 2.88 bits per heavy atom. The predicted octanol–water partition coefficient (Wildman–Crippen LogP) is 2.87. The molecular formula is C11H9BrFN3O. The molecular weight excluding hydrogens is 289 g/mol. The number of halogens is 2. The molecule has 0 atom stereocenters. The topological polar surface area (TPSA) is 57.8 Å². The highest BCUT2D eigenvalue weighted by Crippen LogP contribution is 2.24. The fraction of sp³-hybridized carbons (Fsp3) is 0.0909. The number of amides is 1. The summed E-state index contributed by atoms with van der Waals surface area (Å²) in [5.41, 5.74) is 1.10. The van der Waals surface area contributed by atoms with Gasteiger partial charge in [-0.25, -0.2) is 9.37 Å². The monoisotopic (exact) mass is 297 g/mol. The predicted molar refractivity (Wildman–Crippen MR) is 65.4 cm³/mol. The van der Waals surface area contributed by atoms with Gasteiger partial charge >= 0.3 is 0 Å². The summed E-state index contributed by atoms with van der Waals surface area (Å²) in [7, 11) is 0. The van der Waals surface area contributed by atoms with E-state index in [2.05, 4.69) is 31.2 Å². The van der Waals surface area contributed by atoms with Crippen molar-refractivity contribution in [2.75, 3.05) is 5.32 Å². The fourth-order valence-electron chi connectivity index (χ4n) is 1.42. The highest BCUT2D eigenvalue weighted by Gasteiger charge is 2.13. The van der Waals surface area contributed by atoms with Crippen molar-refractivity contribution in [3.8, 4) is 0 Å². The average Bonchev–Trinajstić information content (AvgIpc) is 2.76. The molecule has 2 rings (SSSR count). The van der Waals surface area contributed by atoms with Gasteiger partial charge in [-0.05, 0) is 24.6 Å². The minimum atomic E-state index is -0.482. The summed E-state index contributed by atoms with van der Waals surface area (Å²) in [5.74, 6) is -0.906. The van der Waals surface area contributed by atoms with Gasteiger partial charge in [0, 0.05) is 4.47 Å². The van der Waals surface area contributed by atoms with E-state index in [1.54, 1.807) is 13.0 Å².